The molecule has 0 bridgehead atoms. The predicted octanol–water partition coefficient (Wildman–Crippen LogP) is 5.68. The Bertz CT molecular complexity index is 570. The lowest BCUT2D eigenvalue weighted by atomic mass is 10.1. The Kier molecular flexibility index (Phi) is 4.55. The highest BCUT2D eigenvalue weighted by Gasteiger charge is 2.02. The molecule has 2 rings (SSSR count). The van der Waals surface area contributed by atoms with Crippen LogP contribution in [0.5, 0.6) is 0 Å². The highest BCUT2D eigenvalue weighted by molar-refractivity contribution is 9.10. The van der Waals surface area contributed by atoms with Gasteiger partial charge in [0.05, 0.1) is 5.02 Å². The molecular weight excluding hydrogens is 333 g/mol. The molecule has 0 spiro atoms. The minimum absolute atomic E-state index is 0.678. The third kappa shape index (κ3) is 3.41. The average Bonchev–Trinajstić information content (AvgIpc) is 2.32. The summed E-state index contributed by atoms with van der Waals surface area (Å²) in [6.45, 7) is 2.70. The number of hydrogen-bond acceptors (Lipinski definition) is 1. The minimum Gasteiger partial charge on any atom is -0.381 e. The zero-order valence-corrected chi connectivity index (χ0v) is 12.9. The van der Waals surface area contributed by atoms with Gasteiger partial charge in [-0.15, -0.1) is 0 Å². The van der Waals surface area contributed by atoms with Gasteiger partial charge in [0, 0.05) is 21.7 Å². The summed E-state index contributed by atoms with van der Waals surface area (Å²) in [6, 6.07) is 11.8. The van der Waals surface area contributed by atoms with Gasteiger partial charge >= 0.3 is 0 Å². The van der Waals surface area contributed by atoms with Gasteiger partial charge in [0.2, 0.25) is 0 Å². The summed E-state index contributed by atoms with van der Waals surface area (Å²) in [5.41, 5.74) is 3.21. The Morgan fingerprint density at radius 3 is 2.50 bits per heavy atom. The third-order valence-corrected chi connectivity index (χ3v) is 4.20. The fourth-order valence-electron chi connectivity index (χ4n) is 1.60. The SMILES string of the molecule is Cc1ccc(CNc2ccc(Br)c(Cl)c2)c(Cl)c1. The maximum absolute atomic E-state index is 6.18. The fraction of sp³-hybridized carbons (Fsp3) is 0.143. The smallest absolute Gasteiger partial charge is 0.0568 e. The minimum atomic E-state index is 0.678. The summed E-state index contributed by atoms with van der Waals surface area (Å²) < 4.78 is 0.892. The van der Waals surface area contributed by atoms with E-state index in [2.05, 4.69) is 27.3 Å². The maximum Gasteiger partial charge on any atom is 0.0568 e. The monoisotopic (exact) mass is 343 g/mol. The van der Waals surface area contributed by atoms with E-state index in [9.17, 15) is 0 Å². The van der Waals surface area contributed by atoms with E-state index in [4.69, 9.17) is 23.2 Å². The normalized spacial score (nSPS) is 10.4. The molecule has 4 heteroatoms. The Morgan fingerprint density at radius 1 is 1.06 bits per heavy atom. The lowest BCUT2D eigenvalue weighted by molar-refractivity contribution is 1.14. The van der Waals surface area contributed by atoms with Crippen molar-refractivity contribution < 1.29 is 0 Å². The largest absolute Gasteiger partial charge is 0.381 e. The first kappa shape index (κ1) is 13.7. The predicted molar refractivity (Wildman–Crippen MR) is 82.7 cm³/mol. The summed E-state index contributed by atoms with van der Waals surface area (Å²) in [7, 11) is 0. The number of anilines is 1. The summed E-state index contributed by atoms with van der Waals surface area (Å²) in [4.78, 5) is 0. The van der Waals surface area contributed by atoms with Crippen molar-refractivity contribution in [2.75, 3.05) is 5.32 Å². The van der Waals surface area contributed by atoms with Crippen LogP contribution in [0.25, 0.3) is 0 Å². The number of aryl methyl sites for hydroxylation is 1. The van der Waals surface area contributed by atoms with Crippen molar-refractivity contribution in [2.45, 2.75) is 13.5 Å². The van der Waals surface area contributed by atoms with Gasteiger partial charge in [-0.2, -0.15) is 0 Å². The molecule has 0 aliphatic rings. The molecule has 0 amide bonds. The summed E-state index contributed by atoms with van der Waals surface area (Å²) in [5.74, 6) is 0. The average molecular weight is 345 g/mol. The second-order valence-corrected chi connectivity index (χ2v) is 5.75. The number of benzene rings is 2. The van der Waals surface area contributed by atoms with Crippen LogP contribution >= 0.6 is 39.1 Å². The van der Waals surface area contributed by atoms with E-state index in [1.165, 1.54) is 0 Å². The van der Waals surface area contributed by atoms with Crippen molar-refractivity contribution in [3.05, 3.63) is 62.0 Å². The molecule has 0 atom stereocenters. The van der Waals surface area contributed by atoms with Gasteiger partial charge in [0.1, 0.15) is 0 Å². The van der Waals surface area contributed by atoms with Gasteiger partial charge in [0.25, 0.3) is 0 Å². The summed E-state index contributed by atoms with van der Waals surface area (Å²) in [5, 5.41) is 4.77. The molecule has 94 valence electrons. The number of nitrogens with one attached hydrogen (secondary N) is 1. The topological polar surface area (TPSA) is 12.0 Å². The molecule has 0 aromatic heterocycles. The van der Waals surface area contributed by atoms with Crippen LogP contribution in [0.15, 0.2) is 40.9 Å². The van der Waals surface area contributed by atoms with Crippen LogP contribution in [-0.4, -0.2) is 0 Å². The van der Waals surface area contributed by atoms with Crippen LogP contribution in [0, 0.1) is 6.92 Å². The molecule has 0 saturated heterocycles. The van der Waals surface area contributed by atoms with Crippen molar-refractivity contribution in [3.8, 4) is 0 Å². The van der Waals surface area contributed by atoms with Gasteiger partial charge in [0.15, 0.2) is 0 Å². The second-order valence-electron chi connectivity index (χ2n) is 4.08. The maximum atomic E-state index is 6.18. The Labute approximate surface area is 125 Å². The highest BCUT2D eigenvalue weighted by atomic mass is 79.9. The second kappa shape index (κ2) is 5.96. The molecule has 0 radical (unpaired) electrons. The van der Waals surface area contributed by atoms with Crippen LogP contribution in [0.2, 0.25) is 10.0 Å². The highest BCUT2D eigenvalue weighted by Crippen LogP contribution is 2.26. The van der Waals surface area contributed by atoms with Crippen molar-refractivity contribution in [2.24, 2.45) is 0 Å². The molecule has 0 fully saturated rings. The summed E-state index contributed by atoms with van der Waals surface area (Å²) in [6.07, 6.45) is 0. The standard InChI is InChI=1S/C14H12BrCl2N/c1-9-2-3-10(13(16)6-9)8-18-11-4-5-12(15)14(17)7-11/h2-7,18H,8H2,1H3. The molecule has 1 nitrogen and oxygen atoms in total. The first-order valence-electron chi connectivity index (χ1n) is 5.50. The third-order valence-electron chi connectivity index (χ3n) is 2.61. The van der Waals surface area contributed by atoms with E-state index in [0.29, 0.717) is 11.6 Å². The van der Waals surface area contributed by atoms with Gasteiger partial charge in [-0.3, -0.25) is 0 Å². The first-order valence-corrected chi connectivity index (χ1v) is 7.05. The van der Waals surface area contributed by atoms with Gasteiger partial charge in [-0.05, 0) is 58.2 Å². The number of rotatable bonds is 3. The van der Waals surface area contributed by atoms with Crippen molar-refractivity contribution in [3.63, 3.8) is 0 Å². The molecule has 0 heterocycles. The zero-order chi connectivity index (χ0) is 13.1. The van der Waals surface area contributed by atoms with Crippen molar-refractivity contribution in [1.29, 1.82) is 0 Å². The molecule has 0 aliphatic carbocycles. The molecule has 2 aromatic rings. The molecule has 0 saturated carbocycles. The quantitative estimate of drug-likeness (QED) is 0.755. The lowest BCUT2D eigenvalue weighted by Gasteiger charge is -2.09. The Hall–Kier alpha value is -0.700. The van der Waals surface area contributed by atoms with E-state index in [1.807, 2.05) is 37.3 Å². The van der Waals surface area contributed by atoms with E-state index in [1.54, 1.807) is 0 Å². The molecule has 0 unspecified atom stereocenters. The van der Waals surface area contributed by atoms with E-state index < -0.39 is 0 Å². The van der Waals surface area contributed by atoms with Crippen molar-refractivity contribution >= 4 is 44.8 Å². The van der Waals surface area contributed by atoms with Crippen molar-refractivity contribution in [1.82, 2.24) is 0 Å². The van der Waals surface area contributed by atoms with E-state index in [0.717, 1.165) is 26.3 Å². The van der Waals surface area contributed by atoms with Gasteiger partial charge in [-0.1, -0.05) is 35.3 Å². The van der Waals surface area contributed by atoms with Crippen LogP contribution in [0.1, 0.15) is 11.1 Å². The number of halogens is 3. The fourth-order valence-corrected chi connectivity index (χ4v) is 2.33. The van der Waals surface area contributed by atoms with Crippen LogP contribution < -0.4 is 5.32 Å². The first-order chi connectivity index (χ1) is 8.56. The molecule has 18 heavy (non-hydrogen) atoms. The molecule has 0 aliphatic heterocycles. The summed E-state index contributed by atoms with van der Waals surface area (Å²) >= 11 is 15.6. The number of hydrogen-bond donors (Lipinski definition) is 1. The Balaban J connectivity index is 2.09. The molecule has 1 N–H and O–H groups in total. The van der Waals surface area contributed by atoms with Gasteiger partial charge in [-0.25, -0.2) is 0 Å². The Morgan fingerprint density at radius 2 is 1.83 bits per heavy atom. The van der Waals surface area contributed by atoms with E-state index in [-0.39, 0.29) is 0 Å². The molecule has 2 aromatic carbocycles. The van der Waals surface area contributed by atoms with E-state index >= 15 is 0 Å². The van der Waals surface area contributed by atoms with Crippen LogP contribution in [0.4, 0.5) is 5.69 Å². The van der Waals surface area contributed by atoms with Crippen LogP contribution in [0.3, 0.4) is 0 Å². The lowest BCUT2D eigenvalue weighted by Crippen LogP contribution is -2.00. The molecular formula is C14H12BrCl2N. The zero-order valence-electron chi connectivity index (χ0n) is 9.81. The van der Waals surface area contributed by atoms with Gasteiger partial charge < -0.3 is 5.32 Å². The van der Waals surface area contributed by atoms with Crippen LogP contribution in [-0.2, 0) is 6.54 Å².